The lowest BCUT2D eigenvalue weighted by atomic mass is 10.0. The van der Waals surface area contributed by atoms with E-state index >= 15 is 0 Å². The molecule has 0 radical (unpaired) electrons. The minimum absolute atomic E-state index is 0.0962. The van der Waals surface area contributed by atoms with Crippen molar-refractivity contribution in [2.45, 2.75) is 44.8 Å². The number of likely N-dealkylation sites (N-methyl/N-ethyl adjacent to an activating group) is 1. The van der Waals surface area contributed by atoms with Gasteiger partial charge in [-0.05, 0) is 54.7 Å². The highest BCUT2D eigenvalue weighted by Crippen LogP contribution is 2.27. The molecule has 0 aliphatic carbocycles. The highest BCUT2D eigenvalue weighted by atomic mass is 35.5. The van der Waals surface area contributed by atoms with Crippen LogP contribution in [0.25, 0.3) is 0 Å². The molecule has 2 atom stereocenters. The summed E-state index contributed by atoms with van der Waals surface area (Å²) in [6, 6.07) is 13.4. The maximum Gasteiger partial charge on any atom is 0.240 e. The van der Waals surface area contributed by atoms with Gasteiger partial charge < -0.3 is 4.90 Å². The molecule has 7 heteroatoms. The number of benzene rings is 2. The smallest absolute Gasteiger partial charge is 0.240 e. The van der Waals surface area contributed by atoms with Gasteiger partial charge in [-0.15, -0.1) is 0 Å². The number of nitrogens with one attached hydrogen (secondary N) is 1. The summed E-state index contributed by atoms with van der Waals surface area (Å²) in [7, 11) is 1.87. The Bertz CT molecular complexity index is 859. The van der Waals surface area contributed by atoms with Crippen molar-refractivity contribution in [3.8, 4) is 0 Å². The van der Waals surface area contributed by atoms with E-state index in [2.05, 4.69) is 17.1 Å². The van der Waals surface area contributed by atoms with E-state index in [-0.39, 0.29) is 18.0 Å². The van der Waals surface area contributed by atoms with Gasteiger partial charge in [-0.2, -0.15) is 0 Å². The molecule has 162 valence electrons. The molecule has 1 aliphatic heterocycles. The predicted octanol–water partition coefficient (Wildman–Crippen LogP) is 5.77. The highest BCUT2D eigenvalue weighted by molar-refractivity contribution is 6.42. The fourth-order valence-electron chi connectivity index (χ4n) is 3.95. The van der Waals surface area contributed by atoms with Crippen LogP contribution in [-0.2, 0) is 11.3 Å². The Morgan fingerprint density at radius 1 is 1.17 bits per heavy atom. The Labute approximate surface area is 194 Å². The molecule has 0 spiro atoms. The second kappa shape index (κ2) is 10.8. The first-order valence-electron chi connectivity index (χ1n) is 10.3. The number of halogens is 3. The number of hydrogen-bond acceptors (Lipinski definition) is 3. The molecule has 0 bridgehead atoms. The van der Waals surface area contributed by atoms with Crippen LogP contribution in [-0.4, -0.2) is 42.0 Å². The van der Waals surface area contributed by atoms with Crippen molar-refractivity contribution < 1.29 is 4.79 Å². The van der Waals surface area contributed by atoms with Crippen molar-refractivity contribution in [1.29, 1.82) is 0 Å². The number of carbonyl (C=O) groups excluding carboxylic acids is 1. The Hall–Kier alpha value is -1.30. The zero-order valence-corrected chi connectivity index (χ0v) is 19.6. The van der Waals surface area contributed by atoms with E-state index in [1.54, 1.807) is 0 Å². The Morgan fingerprint density at radius 3 is 2.57 bits per heavy atom. The molecule has 30 heavy (non-hydrogen) atoms. The second-order valence-corrected chi connectivity index (χ2v) is 9.04. The van der Waals surface area contributed by atoms with Crippen molar-refractivity contribution in [3.63, 3.8) is 0 Å². The Balaban J connectivity index is 1.59. The van der Waals surface area contributed by atoms with Gasteiger partial charge in [0, 0.05) is 37.9 Å². The van der Waals surface area contributed by atoms with Gasteiger partial charge in [0.05, 0.1) is 16.1 Å². The second-order valence-electron chi connectivity index (χ2n) is 7.79. The van der Waals surface area contributed by atoms with Gasteiger partial charge >= 0.3 is 0 Å². The average Bonchev–Trinajstić information content (AvgIpc) is 3.20. The number of amides is 1. The van der Waals surface area contributed by atoms with Gasteiger partial charge in [0.1, 0.15) is 0 Å². The first kappa shape index (κ1) is 23.4. The minimum atomic E-state index is -0.0962. The summed E-state index contributed by atoms with van der Waals surface area (Å²) in [5.74, 6) is 0.159. The third kappa shape index (κ3) is 5.89. The number of hydrogen-bond donors (Lipinski definition) is 1. The molecule has 2 aromatic rings. The largest absolute Gasteiger partial charge is 0.340 e. The predicted molar refractivity (Wildman–Crippen MR) is 125 cm³/mol. The van der Waals surface area contributed by atoms with Crippen molar-refractivity contribution in [2.24, 2.45) is 0 Å². The number of rotatable bonds is 8. The molecule has 0 saturated carbocycles. The fraction of sp³-hybridized carbons (Fsp3) is 0.435. The first-order chi connectivity index (χ1) is 14.4. The van der Waals surface area contributed by atoms with Gasteiger partial charge in [0.2, 0.25) is 5.91 Å². The molecule has 1 aliphatic rings. The maximum atomic E-state index is 13.1. The molecule has 1 fully saturated rings. The van der Waals surface area contributed by atoms with E-state index < -0.39 is 0 Å². The lowest BCUT2D eigenvalue weighted by Gasteiger charge is -2.30. The summed E-state index contributed by atoms with van der Waals surface area (Å²) in [4.78, 5) is 17.1. The van der Waals surface area contributed by atoms with Crippen LogP contribution in [0.15, 0.2) is 42.5 Å². The standard InChI is InChI=1S/C23H28Cl3N3O/c1-3-21(17-8-11-19(25)20(26)13-17)27-15-29-12-4-5-22(29)23(30)28(2)14-16-6-9-18(24)10-7-16/h6-11,13,21-22,27H,3-5,12,14-15H2,1-2H3/t21-,22?/m0/s1. The number of carbonyl (C=O) groups is 1. The van der Waals surface area contributed by atoms with Gasteiger partial charge in [0.15, 0.2) is 0 Å². The van der Waals surface area contributed by atoms with Crippen LogP contribution in [0.1, 0.15) is 43.4 Å². The summed E-state index contributed by atoms with van der Waals surface area (Å²) < 4.78 is 0. The molecule has 1 heterocycles. The van der Waals surface area contributed by atoms with Crippen LogP contribution >= 0.6 is 34.8 Å². The third-order valence-electron chi connectivity index (χ3n) is 5.65. The fourth-order valence-corrected chi connectivity index (χ4v) is 4.38. The van der Waals surface area contributed by atoms with E-state index in [1.165, 1.54) is 0 Å². The lowest BCUT2D eigenvalue weighted by molar-refractivity contribution is -0.135. The van der Waals surface area contributed by atoms with E-state index in [0.717, 1.165) is 36.9 Å². The first-order valence-corrected chi connectivity index (χ1v) is 11.4. The summed E-state index contributed by atoms with van der Waals surface area (Å²) in [5.41, 5.74) is 2.18. The minimum Gasteiger partial charge on any atom is -0.340 e. The van der Waals surface area contributed by atoms with E-state index in [0.29, 0.717) is 28.3 Å². The number of likely N-dealkylation sites (tertiary alicyclic amines) is 1. The van der Waals surface area contributed by atoms with Crippen LogP contribution in [0.5, 0.6) is 0 Å². The zero-order chi connectivity index (χ0) is 21.7. The van der Waals surface area contributed by atoms with E-state index in [1.807, 2.05) is 54.4 Å². The summed E-state index contributed by atoms with van der Waals surface area (Å²) in [6.07, 6.45) is 2.83. The SMILES string of the molecule is CC[C@H](NCN1CCCC1C(=O)N(C)Cc1ccc(Cl)cc1)c1ccc(Cl)c(Cl)c1. The van der Waals surface area contributed by atoms with Gasteiger partial charge in [-0.25, -0.2) is 0 Å². The number of nitrogens with zero attached hydrogens (tertiary/aromatic N) is 2. The van der Waals surface area contributed by atoms with Crippen molar-refractivity contribution in [1.82, 2.24) is 15.1 Å². The lowest BCUT2D eigenvalue weighted by Crippen LogP contribution is -2.47. The monoisotopic (exact) mass is 467 g/mol. The van der Waals surface area contributed by atoms with E-state index in [4.69, 9.17) is 34.8 Å². The highest BCUT2D eigenvalue weighted by Gasteiger charge is 2.32. The molecule has 1 unspecified atom stereocenters. The normalized spacial score (nSPS) is 17.8. The van der Waals surface area contributed by atoms with Crippen LogP contribution in [0.2, 0.25) is 15.1 Å². The van der Waals surface area contributed by atoms with E-state index in [9.17, 15) is 4.79 Å². The van der Waals surface area contributed by atoms with Crippen LogP contribution in [0, 0.1) is 0 Å². The Morgan fingerprint density at radius 2 is 1.90 bits per heavy atom. The molecule has 0 aromatic heterocycles. The molecular formula is C23H28Cl3N3O. The van der Waals surface area contributed by atoms with Crippen LogP contribution in [0.3, 0.4) is 0 Å². The Kier molecular flexibility index (Phi) is 8.44. The summed E-state index contributed by atoms with van der Waals surface area (Å²) in [6.45, 7) is 4.28. The topological polar surface area (TPSA) is 35.6 Å². The van der Waals surface area contributed by atoms with Crippen LogP contribution < -0.4 is 5.32 Å². The van der Waals surface area contributed by atoms with Crippen molar-refractivity contribution in [3.05, 3.63) is 68.7 Å². The average molecular weight is 469 g/mol. The van der Waals surface area contributed by atoms with Crippen molar-refractivity contribution >= 4 is 40.7 Å². The quantitative estimate of drug-likeness (QED) is 0.534. The molecule has 2 aromatic carbocycles. The van der Waals surface area contributed by atoms with Crippen LogP contribution in [0.4, 0.5) is 0 Å². The van der Waals surface area contributed by atoms with Gasteiger partial charge in [0.25, 0.3) is 0 Å². The molecule has 4 nitrogen and oxygen atoms in total. The summed E-state index contributed by atoms with van der Waals surface area (Å²) >= 11 is 18.2. The third-order valence-corrected chi connectivity index (χ3v) is 6.64. The zero-order valence-electron chi connectivity index (χ0n) is 17.4. The van der Waals surface area contributed by atoms with Gasteiger partial charge in [-0.3, -0.25) is 15.0 Å². The molecule has 1 amide bonds. The maximum absolute atomic E-state index is 13.1. The molecule has 3 rings (SSSR count). The van der Waals surface area contributed by atoms with Crippen molar-refractivity contribution in [2.75, 3.05) is 20.3 Å². The molecule has 1 saturated heterocycles. The van der Waals surface area contributed by atoms with Gasteiger partial charge in [-0.1, -0.05) is 59.9 Å². The summed E-state index contributed by atoms with van der Waals surface area (Å²) in [5, 5.41) is 5.42. The molecule has 1 N–H and O–H groups in total. The molecular weight excluding hydrogens is 441 g/mol.